The Hall–Kier alpha value is -3.80. The summed E-state index contributed by atoms with van der Waals surface area (Å²) in [6, 6.07) is 20.0. The highest BCUT2D eigenvalue weighted by atomic mass is 16.6. The van der Waals surface area contributed by atoms with E-state index in [0.717, 1.165) is 0 Å². The van der Waals surface area contributed by atoms with Gasteiger partial charge in [0.15, 0.2) is 12.2 Å². The Morgan fingerprint density at radius 3 is 1.36 bits per heavy atom. The molecule has 2 unspecified atom stereocenters. The molecule has 6 nitrogen and oxygen atoms in total. The summed E-state index contributed by atoms with van der Waals surface area (Å²) in [6.45, 7) is 0. The number of anilines is 2. The quantitative estimate of drug-likeness (QED) is 0.524. The van der Waals surface area contributed by atoms with Gasteiger partial charge in [0.1, 0.15) is 0 Å². The lowest BCUT2D eigenvalue weighted by atomic mass is 9.96. The normalized spacial score (nSPS) is 19.0. The minimum atomic E-state index is -0.893. The van der Waals surface area contributed by atoms with Crippen molar-refractivity contribution in [1.29, 1.82) is 0 Å². The van der Waals surface area contributed by atoms with Gasteiger partial charge in [-0.15, -0.1) is 0 Å². The molecule has 0 fully saturated rings. The molecule has 2 aliphatic heterocycles. The summed E-state index contributed by atoms with van der Waals surface area (Å²) in [7, 11) is 0. The van der Waals surface area contributed by atoms with Crippen molar-refractivity contribution >= 4 is 23.3 Å². The highest BCUT2D eigenvalue weighted by molar-refractivity contribution is 5.94. The first kappa shape index (κ1) is 17.6. The monoisotopic (exact) mass is 374 g/mol. The average Bonchev–Trinajstić information content (AvgIpc) is 2.70. The van der Waals surface area contributed by atoms with Gasteiger partial charge in [-0.1, -0.05) is 24.3 Å². The van der Waals surface area contributed by atoms with Gasteiger partial charge in [-0.05, 0) is 59.7 Å². The minimum absolute atomic E-state index is 0.346. The van der Waals surface area contributed by atoms with Gasteiger partial charge in [0.05, 0.1) is 11.1 Å². The summed E-state index contributed by atoms with van der Waals surface area (Å²) in [6.07, 6.45) is -1.79. The maximum Gasteiger partial charge on any atom is 0.338 e. The lowest BCUT2D eigenvalue weighted by molar-refractivity contribution is -0.0392. The Labute approximate surface area is 161 Å². The average molecular weight is 374 g/mol. The van der Waals surface area contributed by atoms with Crippen LogP contribution in [0.4, 0.5) is 11.4 Å². The van der Waals surface area contributed by atoms with Crippen molar-refractivity contribution in [3.8, 4) is 0 Å². The molecule has 0 aromatic heterocycles. The third kappa shape index (κ3) is 3.40. The molecule has 2 atom stereocenters. The van der Waals surface area contributed by atoms with E-state index in [0.29, 0.717) is 33.6 Å². The molecule has 0 saturated carbocycles. The number of nitrogen functional groups attached to an aromatic ring is 2. The molecule has 2 aliphatic rings. The van der Waals surface area contributed by atoms with Gasteiger partial charge >= 0.3 is 11.9 Å². The Morgan fingerprint density at radius 2 is 1.00 bits per heavy atom. The van der Waals surface area contributed by atoms with Crippen LogP contribution in [0.3, 0.4) is 0 Å². The van der Waals surface area contributed by atoms with Crippen LogP contribution < -0.4 is 11.5 Å². The third-order valence-electron chi connectivity index (χ3n) is 4.58. The van der Waals surface area contributed by atoms with E-state index < -0.39 is 24.1 Å². The molecule has 0 saturated heterocycles. The van der Waals surface area contributed by atoms with Crippen LogP contribution in [0.1, 0.15) is 44.1 Å². The van der Waals surface area contributed by atoms with Crippen molar-refractivity contribution < 1.29 is 19.1 Å². The first-order valence-corrected chi connectivity index (χ1v) is 8.74. The number of benzene rings is 3. The van der Waals surface area contributed by atoms with E-state index in [4.69, 9.17) is 20.9 Å². The van der Waals surface area contributed by atoms with Gasteiger partial charge < -0.3 is 20.9 Å². The predicted molar refractivity (Wildman–Crippen MR) is 104 cm³/mol. The van der Waals surface area contributed by atoms with Crippen LogP contribution in [0.2, 0.25) is 0 Å². The lowest BCUT2D eigenvalue weighted by Gasteiger charge is -2.29. The van der Waals surface area contributed by atoms with E-state index in [-0.39, 0.29) is 0 Å². The molecule has 5 rings (SSSR count). The molecule has 6 heteroatoms. The molecule has 140 valence electrons. The number of hydrogen-bond donors (Lipinski definition) is 2. The number of esters is 2. The number of carbonyl (C=O) groups excluding carboxylic acids is 2. The molecule has 0 spiro atoms. The third-order valence-corrected chi connectivity index (χ3v) is 4.58. The van der Waals surface area contributed by atoms with Crippen LogP contribution >= 0.6 is 0 Å². The van der Waals surface area contributed by atoms with Crippen LogP contribution in [0, 0.1) is 0 Å². The number of fused-ring (bicyclic) bond motifs is 7. The van der Waals surface area contributed by atoms with E-state index in [1.807, 2.05) is 0 Å². The Kier molecular flexibility index (Phi) is 4.45. The predicted octanol–water partition coefficient (Wildman–Crippen LogP) is 3.66. The summed E-state index contributed by atoms with van der Waals surface area (Å²) in [5.41, 5.74) is 14.8. The number of hydrogen-bond acceptors (Lipinski definition) is 6. The van der Waals surface area contributed by atoms with E-state index in [9.17, 15) is 9.59 Å². The summed E-state index contributed by atoms with van der Waals surface area (Å²) < 4.78 is 11.6. The second-order valence-corrected chi connectivity index (χ2v) is 6.57. The summed E-state index contributed by atoms with van der Waals surface area (Å²) >= 11 is 0. The molecule has 0 amide bonds. The van der Waals surface area contributed by atoms with Gasteiger partial charge in [0.25, 0.3) is 0 Å². The summed E-state index contributed by atoms with van der Waals surface area (Å²) in [4.78, 5) is 25.4. The molecular weight excluding hydrogens is 356 g/mol. The Morgan fingerprint density at radius 1 is 0.607 bits per heavy atom. The van der Waals surface area contributed by atoms with Crippen molar-refractivity contribution in [3.05, 3.63) is 95.1 Å². The lowest BCUT2D eigenvalue weighted by Crippen LogP contribution is -2.25. The van der Waals surface area contributed by atoms with Crippen LogP contribution in [-0.4, -0.2) is 11.9 Å². The van der Waals surface area contributed by atoms with Crippen molar-refractivity contribution in [3.63, 3.8) is 0 Å². The maximum absolute atomic E-state index is 12.7. The molecule has 3 aromatic carbocycles. The van der Waals surface area contributed by atoms with Gasteiger partial charge in [-0.2, -0.15) is 0 Å². The SMILES string of the molecule is Nc1cccc(C2OC(=O)c3ccc(cc3)C(=O)OC2c2cccc(N)c2)c1. The Balaban J connectivity index is 1.87. The van der Waals surface area contributed by atoms with Gasteiger partial charge in [-0.25, -0.2) is 9.59 Å². The molecular formula is C22H18N2O4. The fourth-order valence-electron chi connectivity index (χ4n) is 3.19. The molecule has 28 heavy (non-hydrogen) atoms. The van der Waals surface area contributed by atoms with E-state index in [2.05, 4.69) is 0 Å². The van der Waals surface area contributed by atoms with Crippen molar-refractivity contribution in [2.45, 2.75) is 12.2 Å². The Bertz CT molecular complexity index is 962. The van der Waals surface area contributed by atoms with Crippen LogP contribution in [0.15, 0.2) is 72.8 Å². The van der Waals surface area contributed by atoms with Crippen molar-refractivity contribution in [2.24, 2.45) is 0 Å². The second kappa shape index (κ2) is 7.08. The highest BCUT2D eigenvalue weighted by Crippen LogP contribution is 2.38. The second-order valence-electron chi connectivity index (χ2n) is 6.57. The first-order valence-electron chi connectivity index (χ1n) is 8.74. The van der Waals surface area contributed by atoms with Gasteiger partial charge in [-0.3, -0.25) is 0 Å². The smallest absolute Gasteiger partial charge is 0.338 e. The molecule has 2 bridgehead atoms. The number of nitrogens with two attached hydrogens (primary N) is 2. The van der Waals surface area contributed by atoms with Crippen LogP contribution in [0.5, 0.6) is 0 Å². The zero-order chi connectivity index (χ0) is 19.7. The van der Waals surface area contributed by atoms with Crippen molar-refractivity contribution in [1.82, 2.24) is 0 Å². The molecule has 0 aliphatic carbocycles. The zero-order valence-electron chi connectivity index (χ0n) is 14.9. The first-order chi connectivity index (χ1) is 13.5. The van der Waals surface area contributed by atoms with Crippen LogP contribution in [0.25, 0.3) is 0 Å². The van der Waals surface area contributed by atoms with E-state index in [1.54, 1.807) is 48.5 Å². The summed E-state index contributed by atoms with van der Waals surface area (Å²) in [5.74, 6) is -1.04. The van der Waals surface area contributed by atoms with Crippen LogP contribution in [-0.2, 0) is 9.47 Å². The van der Waals surface area contributed by atoms with E-state index >= 15 is 0 Å². The number of carbonyl (C=O) groups is 2. The van der Waals surface area contributed by atoms with Crippen molar-refractivity contribution in [2.75, 3.05) is 11.5 Å². The zero-order valence-corrected chi connectivity index (χ0v) is 14.9. The molecule has 0 radical (unpaired) electrons. The largest absolute Gasteiger partial charge is 0.450 e. The topological polar surface area (TPSA) is 105 Å². The summed E-state index contributed by atoms with van der Waals surface area (Å²) in [5, 5.41) is 0. The standard InChI is InChI=1S/C22H18N2O4/c23-17-5-1-3-15(11-17)19-20(16-4-2-6-18(24)12-16)28-22(26)14-9-7-13(8-10-14)21(25)27-19/h1-12,19-20H,23-24H2. The molecule has 2 heterocycles. The fourth-order valence-corrected chi connectivity index (χ4v) is 3.19. The minimum Gasteiger partial charge on any atom is -0.450 e. The molecule has 4 N–H and O–H groups in total. The van der Waals surface area contributed by atoms with Gasteiger partial charge in [0.2, 0.25) is 0 Å². The highest BCUT2D eigenvalue weighted by Gasteiger charge is 2.34. The fraction of sp³-hybridized carbons (Fsp3) is 0.0909. The van der Waals surface area contributed by atoms with E-state index in [1.165, 1.54) is 24.3 Å². The maximum atomic E-state index is 12.7. The van der Waals surface area contributed by atoms with Gasteiger partial charge in [0, 0.05) is 11.4 Å². The number of ether oxygens (including phenoxy) is 2. The molecule has 3 aromatic rings. The number of rotatable bonds is 2.